The number of Topliss-reactive ketones (excluding diaryl/α,β-unsaturated/α-hetero) is 1. The molecule has 3 aromatic carbocycles. The molecule has 1 aromatic heterocycles. The van der Waals surface area contributed by atoms with Crippen molar-refractivity contribution in [1.29, 1.82) is 0 Å². The Labute approximate surface area is 228 Å². The number of amides is 2. The first-order valence-electron chi connectivity index (χ1n) is 12.9. The van der Waals surface area contributed by atoms with Gasteiger partial charge < -0.3 is 15.5 Å². The van der Waals surface area contributed by atoms with Crippen molar-refractivity contribution in [1.82, 2.24) is 10.3 Å². The Bertz CT molecular complexity index is 1410. The van der Waals surface area contributed by atoms with Gasteiger partial charge in [0.1, 0.15) is 5.69 Å². The number of rotatable bonds is 12. The topological polar surface area (TPSA) is 115 Å². The van der Waals surface area contributed by atoms with E-state index in [1.165, 1.54) is 6.42 Å². The van der Waals surface area contributed by atoms with E-state index in [0.29, 0.717) is 24.4 Å². The number of nitrogens with zero attached hydrogens (tertiary/aromatic N) is 1. The molecule has 4 rings (SSSR count). The van der Waals surface area contributed by atoms with Crippen molar-refractivity contribution >= 4 is 17.6 Å². The molecule has 0 fully saturated rings. The zero-order valence-corrected chi connectivity index (χ0v) is 22.1. The highest BCUT2D eigenvalue weighted by atomic mass is 16.4. The van der Waals surface area contributed by atoms with Gasteiger partial charge in [-0.05, 0) is 37.0 Å². The molecule has 4 aromatic rings. The summed E-state index contributed by atoms with van der Waals surface area (Å²) >= 11 is 0. The number of aromatic nitrogens is 1. The number of ketones is 1. The molecule has 0 aliphatic heterocycles. The van der Waals surface area contributed by atoms with Crippen LogP contribution in [-0.4, -0.2) is 28.6 Å². The predicted molar refractivity (Wildman–Crippen MR) is 150 cm³/mol. The molecular formula is C32H32N3O4. The number of nitrogens with two attached hydrogens (primary N) is 1. The molecule has 0 unspecified atom stereocenters. The van der Waals surface area contributed by atoms with Gasteiger partial charge in [0, 0.05) is 16.5 Å². The number of aryl methyl sites for hydroxylation is 1. The molecule has 39 heavy (non-hydrogen) atoms. The third kappa shape index (κ3) is 7.08. The van der Waals surface area contributed by atoms with E-state index in [2.05, 4.69) is 10.3 Å². The van der Waals surface area contributed by atoms with E-state index in [1.54, 1.807) is 13.8 Å². The summed E-state index contributed by atoms with van der Waals surface area (Å²) in [7, 11) is 0. The van der Waals surface area contributed by atoms with E-state index in [4.69, 9.17) is 10.2 Å². The summed E-state index contributed by atoms with van der Waals surface area (Å²) in [5.41, 5.74) is 7.48. The first-order valence-corrected chi connectivity index (χ1v) is 12.9. The lowest BCUT2D eigenvalue weighted by Crippen LogP contribution is -2.42. The molecule has 3 N–H and O–H groups in total. The van der Waals surface area contributed by atoms with Crippen LogP contribution in [0, 0.1) is 11.8 Å². The minimum Gasteiger partial charge on any atom is -0.432 e. The minimum absolute atomic E-state index is 0.0795. The molecular weight excluding hydrogens is 490 g/mol. The fourth-order valence-electron chi connectivity index (χ4n) is 4.04. The van der Waals surface area contributed by atoms with Gasteiger partial charge >= 0.3 is 0 Å². The highest BCUT2D eigenvalue weighted by Crippen LogP contribution is 2.30. The number of primary amides is 1. The quantitative estimate of drug-likeness (QED) is 0.241. The molecule has 0 aliphatic carbocycles. The molecule has 1 atom stereocenters. The fourth-order valence-corrected chi connectivity index (χ4v) is 4.04. The average molecular weight is 523 g/mol. The van der Waals surface area contributed by atoms with Gasteiger partial charge in [0.2, 0.25) is 29.2 Å². The highest BCUT2D eigenvalue weighted by molar-refractivity contribution is 6.05. The molecule has 1 radical (unpaired) electrons. The van der Waals surface area contributed by atoms with Crippen LogP contribution >= 0.6 is 0 Å². The van der Waals surface area contributed by atoms with Crippen LogP contribution in [0.2, 0.25) is 0 Å². The zero-order valence-electron chi connectivity index (χ0n) is 22.1. The maximum absolute atomic E-state index is 14.0. The Hall–Kier alpha value is -4.52. The van der Waals surface area contributed by atoms with Gasteiger partial charge in [-0.2, -0.15) is 0 Å². The van der Waals surface area contributed by atoms with E-state index < -0.39 is 23.3 Å². The Kier molecular flexibility index (Phi) is 8.71. The first-order chi connectivity index (χ1) is 18.7. The van der Waals surface area contributed by atoms with Gasteiger partial charge in [-0.3, -0.25) is 14.4 Å². The van der Waals surface area contributed by atoms with Gasteiger partial charge in [0.05, 0.1) is 12.5 Å². The Balaban J connectivity index is 1.65. The van der Waals surface area contributed by atoms with Gasteiger partial charge in [-0.15, -0.1) is 0 Å². The molecule has 0 aliphatic rings. The molecule has 2 amide bonds. The number of nitrogens with one attached hydrogen (secondary N) is 1. The van der Waals surface area contributed by atoms with Crippen molar-refractivity contribution in [3.8, 4) is 22.7 Å². The summed E-state index contributed by atoms with van der Waals surface area (Å²) in [6, 6.07) is 27.5. The molecule has 7 heteroatoms. The second kappa shape index (κ2) is 12.3. The van der Waals surface area contributed by atoms with E-state index in [1.807, 2.05) is 91.0 Å². The van der Waals surface area contributed by atoms with Crippen LogP contribution in [0.4, 0.5) is 0 Å². The summed E-state index contributed by atoms with van der Waals surface area (Å²) in [6.45, 7) is 3.34. The van der Waals surface area contributed by atoms with Crippen LogP contribution in [0.5, 0.6) is 0 Å². The molecule has 7 nitrogen and oxygen atoms in total. The Morgan fingerprint density at radius 1 is 0.897 bits per heavy atom. The van der Waals surface area contributed by atoms with Crippen LogP contribution in [0.1, 0.15) is 42.8 Å². The number of oxazole rings is 1. The standard InChI is InChI=1S/C32H32N3O4/c1-32(2,31(33)38)21-20-26(36)34-25(19-18-22-12-6-3-7-13-22)28(37)29-27(23-14-8-4-9-15-23)35-30(39-29)24-16-10-5-11-17-24/h3-17,20,25H,18-19,21H2,1-2H3,(H2,33,38)(H,34,36)/t25-/m0/s1. The maximum Gasteiger partial charge on any atom is 0.227 e. The lowest BCUT2D eigenvalue weighted by atomic mass is 9.87. The second-order valence-electron chi connectivity index (χ2n) is 10.0. The molecule has 0 saturated carbocycles. The highest BCUT2D eigenvalue weighted by Gasteiger charge is 2.31. The molecule has 199 valence electrons. The molecule has 0 bridgehead atoms. The molecule has 1 heterocycles. The number of benzene rings is 3. The molecule has 0 saturated heterocycles. The Morgan fingerprint density at radius 3 is 2.05 bits per heavy atom. The van der Waals surface area contributed by atoms with Crippen LogP contribution in [0.15, 0.2) is 95.4 Å². The SMILES string of the molecule is CC(C)(C[CH]C(=O)N[C@@H](CCc1ccccc1)C(=O)c1oc(-c2ccccc2)nc1-c1ccccc1)C(N)=O. The van der Waals surface area contributed by atoms with Gasteiger partial charge in [0.25, 0.3) is 0 Å². The maximum atomic E-state index is 14.0. The van der Waals surface area contributed by atoms with Crippen molar-refractivity contribution in [2.45, 2.75) is 39.2 Å². The minimum atomic E-state index is -0.892. The summed E-state index contributed by atoms with van der Waals surface area (Å²) in [5.74, 6) is -0.947. The van der Waals surface area contributed by atoms with E-state index in [9.17, 15) is 14.4 Å². The summed E-state index contributed by atoms with van der Waals surface area (Å²) in [4.78, 5) is 43.3. The van der Waals surface area contributed by atoms with E-state index >= 15 is 0 Å². The van der Waals surface area contributed by atoms with Crippen LogP contribution in [0.25, 0.3) is 22.7 Å². The predicted octanol–water partition coefficient (Wildman–Crippen LogP) is 5.41. The van der Waals surface area contributed by atoms with Gasteiger partial charge in [0.15, 0.2) is 0 Å². The van der Waals surface area contributed by atoms with Gasteiger partial charge in [-0.25, -0.2) is 4.98 Å². The average Bonchev–Trinajstić information content (AvgIpc) is 3.41. The number of hydrogen-bond acceptors (Lipinski definition) is 5. The number of hydrogen-bond donors (Lipinski definition) is 2. The van der Waals surface area contributed by atoms with Crippen molar-refractivity contribution < 1.29 is 18.8 Å². The lowest BCUT2D eigenvalue weighted by molar-refractivity contribution is -0.126. The Morgan fingerprint density at radius 2 is 1.46 bits per heavy atom. The van der Waals surface area contributed by atoms with Crippen molar-refractivity contribution in [2.75, 3.05) is 0 Å². The lowest BCUT2D eigenvalue weighted by Gasteiger charge is -2.21. The third-order valence-electron chi connectivity index (χ3n) is 6.58. The van der Waals surface area contributed by atoms with E-state index in [-0.39, 0.29) is 18.0 Å². The zero-order chi connectivity index (χ0) is 27.8. The molecule has 0 spiro atoms. The van der Waals surface area contributed by atoms with Crippen LogP contribution in [-0.2, 0) is 16.0 Å². The third-order valence-corrected chi connectivity index (χ3v) is 6.58. The van der Waals surface area contributed by atoms with Crippen molar-refractivity contribution in [3.63, 3.8) is 0 Å². The normalized spacial score (nSPS) is 12.1. The number of carbonyl (C=O) groups is 3. The smallest absolute Gasteiger partial charge is 0.227 e. The first kappa shape index (κ1) is 27.5. The van der Waals surface area contributed by atoms with Crippen LogP contribution < -0.4 is 11.1 Å². The van der Waals surface area contributed by atoms with Crippen molar-refractivity contribution in [2.24, 2.45) is 11.1 Å². The van der Waals surface area contributed by atoms with Crippen molar-refractivity contribution in [3.05, 3.63) is 109 Å². The van der Waals surface area contributed by atoms with E-state index in [0.717, 1.165) is 16.7 Å². The fraction of sp³-hybridized carbons (Fsp3) is 0.219. The summed E-state index contributed by atoms with van der Waals surface area (Å²) in [5, 5.41) is 2.84. The summed E-state index contributed by atoms with van der Waals surface area (Å²) < 4.78 is 6.09. The summed E-state index contributed by atoms with van der Waals surface area (Å²) in [6.07, 6.45) is 2.41. The largest absolute Gasteiger partial charge is 0.432 e. The second-order valence-corrected chi connectivity index (χ2v) is 10.0. The monoisotopic (exact) mass is 522 g/mol. The number of carbonyl (C=O) groups excluding carboxylic acids is 3. The van der Waals surface area contributed by atoms with Crippen LogP contribution in [0.3, 0.4) is 0 Å². The van der Waals surface area contributed by atoms with Gasteiger partial charge in [-0.1, -0.05) is 92.7 Å².